The molecule has 0 aliphatic rings. The molecule has 76 valence electrons. The fourth-order valence-electron chi connectivity index (χ4n) is 1.07. The number of rotatable bonds is 3. The summed E-state index contributed by atoms with van der Waals surface area (Å²) in [7, 11) is 0. The zero-order valence-electron chi connectivity index (χ0n) is 7.81. The third kappa shape index (κ3) is 2.42. The van der Waals surface area contributed by atoms with E-state index in [0.717, 1.165) is 0 Å². The monoisotopic (exact) mass is 203 g/mol. The Balaban J connectivity index is 2.95. The maximum atomic E-state index is 11.1. The molecule has 0 amide bonds. The molecular weight excluding hydrogens is 194 g/mol. The van der Waals surface area contributed by atoms with Crippen LogP contribution in [0.3, 0.4) is 0 Å². The van der Waals surface area contributed by atoms with Gasteiger partial charge >= 0.3 is 5.97 Å². The lowest BCUT2D eigenvalue weighted by Crippen LogP contribution is -2.19. The third-order valence-electron chi connectivity index (χ3n) is 1.94. The van der Waals surface area contributed by atoms with Crippen LogP contribution < -0.4 is 5.73 Å². The molecule has 0 aliphatic heterocycles. The summed E-state index contributed by atoms with van der Waals surface area (Å²) in [5.41, 5.74) is 6.18. The van der Waals surface area contributed by atoms with Crippen LogP contribution in [-0.4, -0.2) is 16.9 Å². The predicted molar refractivity (Wildman–Crippen MR) is 54.2 cm³/mol. The van der Waals surface area contributed by atoms with Crippen molar-refractivity contribution in [3.8, 4) is 12.3 Å². The lowest BCUT2D eigenvalue weighted by Gasteiger charge is -2.06. The van der Waals surface area contributed by atoms with Gasteiger partial charge in [0, 0.05) is 0 Å². The summed E-state index contributed by atoms with van der Waals surface area (Å²) in [6, 6.07) is 4.81. The van der Waals surface area contributed by atoms with Crippen molar-refractivity contribution >= 4 is 11.8 Å². The van der Waals surface area contributed by atoms with Crippen LogP contribution in [0.4, 0.5) is 0 Å². The van der Waals surface area contributed by atoms with Gasteiger partial charge in [0.2, 0.25) is 5.78 Å². The Morgan fingerprint density at radius 1 is 1.33 bits per heavy atom. The summed E-state index contributed by atoms with van der Waals surface area (Å²) in [4.78, 5) is 21.6. The quantitative estimate of drug-likeness (QED) is 0.556. The van der Waals surface area contributed by atoms with Crippen molar-refractivity contribution in [3.63, 3.8) is 0 Å². The minimum Gasteiger partial charge on any atom is -0.478 e. The van der Waals surface area contributed by atoms with Crippen molar-refractivity contribution in [2.75, 3.05) is 0 Å². The molecule has 0 aromatic heterocycles. The Morgan fingerprint density at radius 3 is 2.27 bits per heavy atom. The molecule has 0 spiro atoms. The minimum absolute atomic E-state index is 0.138. The van der Waals surface area contributed by atoms with Crippen molar-refractivity contribution in [1.29, 1.82) is 0 Å². The highest BCUT2D eigenvalue weighted by molar-refractivity contribution is 5.99. The highest BCUT2D eigenvalue weighted by Gasteiger charge is 2.13. The minimum atomic E-state index is -1.03. The first-order chi connectivity index (χ1) is 7.06. The normalized spacial score (nSPS) is 11.5. The number of aromatic carboxylic acids is 1. The Morgan fingerprint density at radius 2 is 1.87 bits per heavy atom. The number of carboxylic acids is 1. The molecule has 4 nitrogen and oxygen atoms in total. The lowest BCUT2D eigenvalue weighted by atomic mass is 10.0. The molecule has 4 heteroatoms. The molecule has 1 atom stereocenters. The van der Waals surface area contributed by atoms with Crippen LogP contribution in [0.15, 0.2) is 24.3 Å². The van der Waals surface area contributed by atoms with Gasteiger partial charge in [-0.3, -0.25) is 4.79 Å². The van der Waals surface area contributed by atoms with Crippen molar-refractivity contribution in [1.82, 2.24) is 0 Å². The molecule has 0 saturated heterocycles. The van der Waals surface area contributed by atoms with Gasteiger partial charge in [-0.15, -0.1) is 6.42 Å². The number of nitrogens with two attached hydrogens (primary N) is 1. The van der Waals surface area contributed by atoms with Crippen LogP contribution in [0.5, 0.6) is 0 Å². The predicted octanol–water partition coefficient (Wildman–Crippen LogP) is 0.587. The van der Waals surface area contributed by atoms with Crippen molar-refractivity contribution in [2.45, 2.75) is 6.04 Å². The molecule has 3 N–H and O–H groups in total. The van der Waals surface area contributed by atoms with E-state index in [2.05, 4.69) is 0 Å². The van der Waals surface area contributed by atoms with Gasteiger partial charge in [-0.1, -0.05) is 12.1 Å². The molecule has 0 heterocycles. The van der Waals surface area contributed by atoms with E-state index in [-0.39, 0.29) is 5.56 Å². The fourth-order valence-corrected chi connectivity index (χ4v) is 1.07. The zero-order valence-corrected chi connectivity index (χ0v) is 7.81. The number of carbonyl (C=O) groups is 2. The molecule has 0 aliphatic carbocycles. The van der Waals surface area contributed by atoms with E-state index in [0.29, 0.717) is 5.56 Å². The molecule has 0 saturated carbocycles. The average molecular weight is 203 g/mol. The van der Waals surface area contributed by atoms with E-state index in [1.807, 2.05) is 5.92 Å². The first kappa shape index (κ1) is 11.0. The second-order valence-corrected chi connectivity index (χ2v) is 2.91. The summed E-state index contributed by atoms with van der Waals surface area (Å²) in [6.45, 7) is 0. The summed E-state index contributed by atoms with van der Waals surface area (Å²) in [5, 5.41) is 8.64. The first-order valence-corrected chi connectivity index (χ1v) is 4.15. The van der Waals surface area contributed by atoms with Crippen molar-refractivity contribution < 1.29 is 14.7 Å². The van der Waals surface area contributed by atoms with Gasteiger partial charge in [0.05, 0.1) is 5.56 Å². The van der Waals surface area contributed by atoms with Gasteiger partial charge in [0.1, 0.15) is 6.04 Å². The topological polar surface area (TPSA) is 80.4 Å². The molecule has 0 fully saturated rings. The SMILES string of the molecule is C#CC(=O)C(N)c1ccc(C(=O)O)cc1. The number of ketones is 1. The number of hydrogen-bond donors (Lipinski definition) is 2. The van der Waals surface area contributed by atoms with E-state index in [4.69, 9.17) is 17.3 Å². The Bertz CT molecular complexity index is 428. The second kappa shape index (κ2) is 4.40. The van der Waals surface area contributed by atoms with Crippen LogP contribution in [0.25, 0.3) is 0 Å². The summed E-state index contributed by atoms with van der Waals surface area (Å²) >= 11 is 0. The number of carbonyl (C=O) groups excluding carboxylic acids is 1. The number of carboxylic acid groups (broad SMARTS) is 1. The van der Waals surface area contributed by atoms with Gasteiger partial charge in [-0.05, 0) is 23.6 Å². The molecule has 0 bridgehead atoms. The molecule has 1 unspecified atom stereocenters. The zero-order chi connectivity index (χ0) is 11.4. The standard InChI is InChI=1S/C11H9NO3/c1-2-9(13)10(12)7-3-5-8(6-4-7)11(14)15/h1,3-6,10H,12H2,(H,14,15). The van der Waals surface area contributed by atoms with Gasteiger partial charge in [-0.2, -0.15) is 0 Å². The number of terminal acetylenes is 1. The molecule has 1 aromatic carbocycles. The van der Waals surface area contributed by atoms with E-state index in [1.54, 1.807) is 0 Å². The highest BCUT2D eigenvalue weighted by atomic mass is 16.4. The van der Waals surface area contributed by atoms with Crippen LogP contribution in [0, 0.1) is 12.3 Å². The highest BCUT2D eigenvalue weighted by Crippen LogP contribution is 2.12. The van der Waals surface area contributed by atoms with E-state index < -0.39 is 17.8 Å². The van der Waals surface area contributed by atoms with Crippen molar-refractivity contribution in [3.05, 3.63) is 35.4 Å². The average Bonchev–Trinajstić information content (AvgIpc) is 2.27. The number of hydrogen-bond acceptors (Lipinski definition) is 3. The van der Waals surface area contributed by atoms with Crippen LogP contribution in [0.2, 0.25) is 0 Å². The van der Waals surface area contributed by atoms with Gasteiger partial charge in [0.15, 0.2) is 0 Å². The van der Waals surface area contributed by atoms with E-state index in [1.165, 1.54) is 24.3 Å². The molecular formula is C11H9NO3. The van der Waals surface area contributed by atoms with E-state index >= 15 is 0 Å². The summed E-state index contributed by atoms with van der Waals surface area (Å²) in [6.07, 6.45) is 4.91. The Hall–Kier alpha value is -2.12. The maximum absolute atomic E-state index is 11.1. The summed E-state index contributed by atoms with van der Waals surface area (Å²) in [5.74, 6) is 0.362. The molecule has 1 aromatic rings. The smallest absolute Gasteiger partial charge is 0.335 e. The third-order valence-corrected chi connectivity index (χ3v) is 1.94. The van der Waals surface area contributed by atoms with Crippen LogP contribution in [-0.2, 0) is 4.79 Å². The largest absolute Gasteiger partial charge is 0.478 e. The van der Waals surface area contributed by atoms with Crippen molar-refractivity contribution in [2.24, 2.45) is 5.73 Å². The van der Waals surface area contributed by atoms with Gasteiger partial charge < -0.3 is 10.8 Å². The Labute approximate surface area is 86.7 Å². The molecule has 15 heavy (non-hydrogen) atoms. The molecule has 0 radical (unpaired) electrons. The van der Waals surface area contributed by atoms with Crippen LogP contribution in [0.1, 0.15) is 22.0 Å². The molecule has 1 rings (SSSR count). The fraction of sp³-hybridized carbons (Fsp3) is 0.0909. The summed E-state index contributed by atoms with van der Waals surface area (Å²) < 4.78 is 0. The first-order valence-electron chi connectivity index (χ1n) is 4.15. The van der Waals surface area contributed by atoms with E-state index in [9.17, 15) is 9.59 Å². The van der Waals surface area contributed by atoms with Crippen LogP contribution >= 0.6 is 0 Å². The lowest BCUT2D eigenvalue weighted by molar-refractivity contribution is -0.115. The second-order valence-electron chi connectivity index (χ2n) is 2.91. The maximum Gasteiger partial charge on any atom is 0.335 e. The Kier molecular flexibility index (Phi) is 3.21. The van der Waals surface area contributed by atoms with Gasteiger partial charge in [0.25, 0.3) is 0 Å². The van der Waals surface area contributed by atoms with Gasteiger partial charge in [-0.25, -0.2) is 4.79 Å². The number of benzene rings is 1. The number of Topliss-reactive ketones (excluding diaryl/α,β-unsaturated/α-hetero) is 1.